The van der Waals surface area contributed by atoms with Crippen molar-refractivity contribution < 1.29 is 14.3 Å². The summed E-state index contributed by atoms with van der Waals surface area (Å²) < 4.78 is 13.2. The van der Waals surface area contributed by atoms with E-state index < -0.39 is 11.9 Å². The molecule has 1 aromatic rings. The second-order valence-electron chi connectivity index (χ2n) is 3.69. The maximum atomic E-state index is 13.2. The number of carboxylic acid groups (broad SMARTS) is 1. The van der Waals surface area contributed by atoms with Crippen LogP contribution in [0.2, 0.25) is 0 Å². The van der Waals surface area contributed by atoms with Gasteiger partial charge in [0, 0.05) is 25.3 Å². The third-order valence-electron chi connectivity index (χ3n) is 2.56. The summed E-state index contributed by atoms with van der Waals surface area (Å²) in [5, 5.41) is 11.7. The summed E-state index contributed by atoms with van der Waals surface area (Å²) >= 11 is 0. The summed E-state index contributed by atoms with van der Waals surface area (Å²) in [6.45, 7) is 0.840. The Hall–Kier alpha value is -1.85. The molecule has 6 heteroatoms. The molecule has 1 aliphatic rings. The summed E-state index contributed by atoms with van der Waals surface area (Å²) in [6.07, 6.45) is 1.23. The van der Waals surface area contributed by atoms with Crippen molar-refractivity contribution in [2.45, 2.75) is 12.5 Å². The minimum absolute atomic E-state index is 0.0690. The van der Waals surface area contributed by atoms with Gasteiger partial charge in [-0.2, -0.15) is 0 Å². The van der Waals surface area contributed by atoms with Crippen LogP contribution in [0.4, 0.5) is 15.0 Å². The van der Waals surface area contributed by atoms with Gasteiger partial charge in [-0.15, -0.1) is 0 Å². The SMILES string of the molecule is O=C(O)N1CCC(Nc2ncccc2F)C1. The number of halogens is 1. The van der Waals surface area contributed by atoms with Gasteiger partial charge in [0.15, 0.2) is 11.6 Å². The number of likely N-dealkylation sites (tertiary alicyclic amines) is 1. The average molecular weight is 225 g/mol. The average Bonchev–Trinajstić information content (AvgIpc) is 2.70. The van der Waals surface area contributed by atoms with E-state index in [4.69, 9.17) is 5.11 Å². The predicted octanol–water partition coefficient (Wildman–Crippen LogP) is 1.38. The standard InChI is InChI=1S/C10H12FN3O2/c11-8-2-1-4-12-9(8)13-7-3-5-14(6-7)10(15)16/h1-2,4,7H,3,5-6H2,(H,12,13)(H,15,16). The van der Waals surface area contributed by atoms with E-state index in [0.717, 1.165) is 0 Å². The van der Waals surface area contributed by atoms with Crippen LogP contribution >= 0.6 is 0 Å². The first-order valence-corrected chi connectivity index (χ1v) is 5.02. The Bertz CT molecular complexity index is 399. The number of rotatable bonds is 2. The highest BCUT2D eigenvalue weighted by molar-refractivity contribution is 5.65. The molecule has 1 aromatic heterocycles. The van der Waals surface area contributed by atoms with Crippen LogP contribution in [0.5, 0.6) is 0 Å². The second-order valence-corrected chi connectivity index (χ2v) is 3.69. The molecular weight excluding hydrogens is 213 g/mol. The van der Waals surface area contributed by atoms with Crippen molar-refractivity contribution in [3.8, 4) is 0 Å². The minimum atomic E-state index is -0.939. The molecule has 1 amide bonds. The van der Waals surface area contributed by atoms with Gasteiger partial charge in [0.2, 0.25) is 0 Å². The number of nitrogens with zero attached hydrogens (tertiary/aromatic N) is 2. The van der Waals surface area contributed by atoms with Gasteiger partial charge in [0.1, 0.15) is 0 Å². The van der Waals surface area contributed by atoms with E-state index in [1.807, 2.05) is 0 Å². The summed E-state index contributed by atoms with van der Waals surface area (Å²) in [6, 6.07) is 2.76. The van der Waals surface area contributed by atoms with Crippen LogP contribution in [0.25, 0.3) is 0 Å². The van der Waals surface area contributed by atoms with Crippen LogP contribution in [0.3, 0.4) is 0 Å². The van der Waals surface area contributed by atoms with Gasteiger partial charge in [-0.1, -0.05) is 0 Å². The van der Waals surface area contributed by atoms with Gasteiger partial charge >= 0.3 is 6.09 Å². The maximum absolute atomic E-state index is 13.2. The third kappa shape index (κ3) is 2.21. The Morgan fingerprint density at radius 1 is 1.69 bits per heavy atom. The quantitative estimate of drug-likeness (QED) is 0.798. The van der Waals surface area contributed by atoms with Gasteiger partial charge in [-0.25, -0.2) is 14.2 Å². The lowest BCUT2D eigenvalue weighted by Crippen LogP contribution is -2.30. The number of carbonyl (C=O) groups is 1. The third-order valence-corrected chi connectivity index (χ3v) is 2.56. The topological polar surface area (TPSA) is 65.5 Å². The van der Waals surface area contributed by atoms with E-state index in [9.17, 15) is 9.18 Å². The Kier molecular flexibility index (Phi) is 2.89. The highest BCUT2D eigenvalue weighted by atomic mass is 19.1. The van der Waals surface area contributed by atoms with E-state index in [1.165, 1.54) is 23.2 Å². The first kappa shape index (κ1) is 10.7. The Labute approximate surface area is 91.9 Å². The molecule has 0 aliphatic carbocycles. The minimum Gasteiger partial charge on any atom is -0.465 e. The van der Waals surface area contributed by atoms with E-state index in [2.05, 4.69) is 10.3 Å². The molecule has 2 N–H and O–H groups in total. The van der Waals surface area contributed by atoms with Gasteiger partial charge in [0.05, 0.1) is 0 Å². The Morgan fingerprint density at radius 3 is 3.12 bits per heavy atom. The molecule has 0 bridgehead atoms. The molecule has 16 heavy (non-hydrogen) atoms. The molecule has 5 nitrogen and oxygen atoms in total. The van der Waals surface area contributed by atoms with Crippen molar-refractivity contribution in [3.63, 3.8) is 0 Å². The molecular formula is C10H12FN3O2. The first-order chi connectivity index (χ1) is 7.66. The van der Waals surface area contributed by atoms with Crippen LogP contribution in [-0.2, 0) is 0 Å². The fourth-order valence-corrected chi connectivity index (χ4v) is 1.74. The highest BCUT2D eigenvalue weighted by Gasteiger charge is 2.26. The number of nitrogens with one attached hydrogen (secondary N) is 1. The van der Waals surface area contributed by atoms with Crippen molar-refractivity contribution in [3.05, 3.63) is 24.1 Å². The zero-order valence-electron chi connectivity index (χ0n) is 8.56. The molecule has 2 rings (SSSR count). The van der Waals surface area contributed by atoms with Crippen molar-refractivity contribution in [2.75, 3.05) is 18.4 Å². The van der Waals surface area contributed by atoms with Crippen molar-refractivity contribution >= 4 is 11.9 Å². The number of pyridine rings is 1. The number of amides is 1. The Balaban J connectivity index is 1.97. The lowest BCUT2D eigenvalue weighted by Gasteiger charge is -2.14. The molecule has 0 radical (unpaired) electrons. The highest BCUT2D eigenvalue weighted by Crippen LogP contribution is 2.16. The lowest BCUT2D eigenvalue weighted by molar-refractivity contribution is 0.155. The number of aromatic nitrogens is 1. The van der Waals surface area contributed by atoms with Gasteiger partial charge in [0.25, 0.3) is 0 Å². The molecule has 0 aromatic carbocycles. The summed E-state index contributed by atoms with van der Waals surface area (Å²) in [5.74, 6) is -0.240. The molecule has 1 unspecified atom stereocenters. The van der Waals surface area contributed by atoms with Crippen molar-refractivity contribution in [2.24, 2.45) is 0 Å². The second kappa shape index (κ2) is 4.34. The summed E-state index contributed by atoms with van der Waals surface area (Å²) in [4.78, 5) is 15.8. The smallest absolute Gasteiger partial charge is 0.407 e. The molecule has 1 fully saturated rings. The summed E-state index contributed by atoms with van der Waals surface area (Å²) in [5.41, 5.74) is 0. The van der Waals surface area contributed by atoms with Crippen LogP contribution in [-0.4, -0.2) is 40.2 Å². The summed E-state index contributed by atoms with van der Waals surface area (Å²) in [7, 11) is 0. The molecule has 1 saturated heterocycles. The Morgan fingerprint density at radius 2 is 2.50 bits per heavy atom. The monoisotopic (exact) mass is 225 g/mol. The lowest BCUT2D eigenvalue weighted by atomic mass is 10.2. The van der Waals surface area contributed by atoms with E-state index in [0.29, 0.717) is 19.5 Å². The van der Waals surface area contributed by atoms with E-state index >= 15 is 0 Å². The number of hydrogen-bond donors (Lipinski definition) is 2. The zero-order chi connectivity index (χ0) is 11.5. The normalized spacial score (nSPS) is 19.8. The van der Waals surface area contributed by atoms with Crippen LogP contribution < -0.4 is 5.32 Å². The van der Waals surface area contributed by atoms with Gasteiger partial charge in [-0.3, -0.25) is 0 Å². The maximum Gasteiger partial charge on any atom is 0.407 e. The number of hydrogen-bond acceptors (Lipinski definition) is 3. The largest absolute Gasteiger partial charge is 0.465 e. The van der Waals surface area contributed by atoms with Crippen LogP contribution in [0.15, 0.2) is 18.3 Å². The van der Waals surface area contributed by atoms with Gasteiger partial charge < -0.3 is 15.3 Å². The molecule has 0 spiro atoms. The molecule has 2 heterocycles. The molecule has 1 aliphatic heterocycles. The van der Waals surface area contributed by atoms with Crippen LogP contribution in [0.1, 0.15) is 6.42 Å². The van der Waals surface area contributed by atoms with Crippen molar-refractivity contribution in [1.82, 2.24) is 9.88 Å². The molecule has 86 valence electrons. The fourth-order valence-electron chi connectivity index (χ4n) is 1.74. The zero-order valence-corrected chi connectivity index (χ0v) is 8.56. The number of anilines is 1. The molecule has 0 saturated carbocycles. The fraction of sp³-hybridized carbons (Fsp3) is 0.400. The van der Waals surface area contributed by atoms with E-state index in [1.54, 1.807) is 0 Å². The first-order valence-electron chi connectivity index (χ1n) is 5.02. The van der Waals surface area contributed by atoms with E-state index in [-0.39, 0.29) is 11.9 Å². The van der Waals surface area contributed by atoms with Crippen molar-refractivity contribution in [1.29, 1.82) is 0 Å². The molecule has 1 atom stereocenters. The predicted molar refractivity (Wildman–Crippen MR) is 55.8 cm³/mol. The van der Waals surface area contributed by atoms with Gasteiger partial charge in [-0.05, 0) is 18.6 Å². The van der Waals surface area contributed by atoms with Crippen LogP contribution in [0, 0.1) is 5.82 Å².